The summed E-state index contributed by atoms with van der Waals surface area (Å²) in [7, 11) is 0. The highest BCUT2D eigenvalue weighted by Crippen LogP contribution is 2.39. The molecule has 0 aromatic heterocycles. The third-order valence-electron chi connectivity index (χ3n) is 4.81. The number of ketones is 1. The molecule has 2 aliphatic rings. The number of para-hydroxylation sites is 1. The Kier molecular flexibility index (Phi) is 4.55. The van der Waals surface area contributed by atoms with E-state index in [1.165, 1.54) is 0 Å². The van der Waals surface area contributed by atoms with Crippen LogP contribution < -0.4 is 4.74 Å². The fourth-order valence-electron chi connectivity index (χ4n) is 3.43. The van der Waals surface area contributed by atoms with E-state index in [0.717, 1.165) is 0 Å². The largest absolute Gasteiger partial charge is 0.486 e. The molecule has 1 fully saturated rings. The number of fused-ring (bicyclic) bond motifs is 1. The number of likely N-dealkylation sites (tertiary alicyclic amines) is 1. The highest BCUT2D eigenvalue weighted by molar-refractivity contribution is 6.00. The summed E-state index contributed by atoms with van der Waals surface area (Å²) in [6.45, 7) is 1.09. The van der Waals surface area contributed by atoms with Gasteiger partial charge in [-0.25, -0.2) is 0 Å². The third kappa shape index (κ3) is 3.42. The maximum Gasteiger partial charge on any atom is 0.303 e. The highest BCUT2D eigenvalue weighted by Gasteiger charge is 2.43. The Labute approximate surface area is 140 Å². The number of ether oxygens (including phenoxy) is 1. The lowest BCUT2D eigenvalue weighted by Crippen LogP contribution is -2.52. The van der Waals surface area contributed by atoms with Crippen molar-refractivity contribution in [2.45, 2.75) is 44.1 Å². The number of hydrogen-bond donors (Lipinski definition) is 1. The molecule has 1 N–H and O–H groups in total. The second-order valence-corrected chi connectivity index (χ2v) is 6.51. The fourth-order valence-corrected chi connectivity index (χ4v) is 3.43. The summed E-state index contributed by atoms with van der Waals surface area (Å²) in [5, 5.41) is 8.63. The van der Waals surface area contributed by atoms with Crippen LogP contribution in [0.15, 0.2) is 24.3 Å². The fraction of sp³-hybridized carbons (Fsp3) is 0.500. The van der Waals surface area contributed by atoms with Gasteiger partial charge < -0.3 is 14.7 Å². The van der Waals surface area contributed by atoms with Gasteiger partial charge in [-0.15, -0.1) is 0 Å². The molecule has 6 heteroatoms. The Morgan fingerprint density at radius 1 is 1.17 bits per heavy atom. The quantitative estimate of drug-likeness (QED) is 0.915. The zero-order valence-corrected chi connectivity index (χ0v) is 13.5. The average molecular weight is 331 g/mol. The van der Waals surface area contributed by atoms with Crippen LogP contribution in [0.1, 0.15) is 48.9 Å². The van der Waals surface area contributed by atoms with Gasteiger partial charge in [-0.3, -0.25) is 14.4 Å². The number of carbonyl (C=O) groups excluding carboxylic acids is 2. The van der Waals surface area contributed by atoms with Crippen LogP contribution in [0, 0.1) is 0 Å². The molecule has 0 bridgehead atoms. The first kappa shape index (κ1) is 16.5. The van der Waals surface area contributed by atoms with Crippen molar-refractivity contribution < 1.29 is 24.2 Å². The van der Waals surface area contributed by atoms with E-state index in [1.54, 1.807) is 11.0 Å². The summed E-state index contributed by atoms with van der Waals surface area (Å²) in [4.78, 5) is 36.8. The number of aliphatic carboxylic acids is 1. The zero-order chi connectivity index (χ0) is 17.2. The minimum Gasteiger partial charge on any atom is -0.486 e. The third-order valence-corrected chi connectivity index (χ3v) is 4.81. The number of amides is 1. The van der Waals surface area contributed by atoms with Crippen molar-refractivity contribution in [3.05, 3.63) is 29.8 Å². The summed E-state index contributed by atoms with van der Waals surface area (Å²) in [6, 6.07) is 7.28. The van der Waals surface area contributed by atoms with E-state index in [0.29, 0.717) is 50.1 Å². The minimum atomic E-state index is -0.881. The molecule has 128 valence electrons. The van der Waals surface area contributed by atoms with E-state index in [4.69, 9.17) is 9.84 Å². The normalized spacial score (nSPS) is 18.8. The van der Waals surface area contributed by atoms with E-state index in [2.05, 4.69) is 0 Å². The molecule has 1 aromatic carbocycles. The van der Waals surface area contributed by atoms with Crippen molar-refractivity contribution in [3.8, 4) is 5.75 Å². The maximum absolute atomic E-state index is 12.4. The number of benzene rings is 1. The van der Waals surface area contributed by atoms with Crippen LogP contribution in [0.4, 0.5) is 0 Å². The lowest BCUT2D eigenvalue weighted by Gasteiger charge is -2.44. The van der Waals surface area contributed by atoms with Gasteiger partial charge in [-0.1, -0.05) is 12.1 Å². The molecule has 1 aromatic rings. The van der Waals surface area contributed by atoms with E-state index >= 15 is 0 Å². The van der Waals surface area contributed by atoms with Gasteiger partial charge in [0.1, 0.15) is 11.4 Å². The van der Waals surface area contributed by atoms with Crippen LogP contribution in [-0.2, 0) is 9.59 Å². The van der Waals surface area contributed by atoms with E-state index in [1.807, 2.05) is 18.2 Å². The zero-order valence-electron chi connectivity index (χ0n) is 13.5. The SMILES string of the molecule is O=C(O)CCCC(=O)N1CCC2(CC1)CC(=O)c1ccccc1O2. The van der Waals surface area contributed by atoms with Gasteiger partial charge in [0.05, 0.1) is 12.0 Å². The Bertz CT molecular complexity index is 661. The molecule has 2 aliphatic heterocycles. The first-order valence-electron chi connectivity index (χ1n) is 8.30. The standard InChI is InChI=1S/C18H21NO5/c20-14-12-18(24-15-5-2-1-4-13(14)15)8-10-19(11-9-18)16(21)6-3-7-17(22)23/h1-2,4-5H,3,6-12H2,(H,22,23). The number of carbonyl (C=O) groups is 3. The molecule has 24 heavy (non-hydrogen) atoms. The first-order valence-corrected chi connectivity index (χ1v) is 8.30. The predicted molar refractivity (Wildman–Crippen MR) is 86.0 cm³/mol. The Morgan fingerprint density at radius 3 is 2.58 bits per heavy atom. The molecule has 1 saturated heterocycles. The average Bonchev–Trinajstić information content (AvgIpc) is 2.55. The van der Waals surface area contributed by atoms with Crippen molar-refractivity contribution in [1.29, 1.82) is 0 Å². The number of hydrogen-bond acceptors (Lipinski definition) is 4. The molecule has 0 saturated carbocycles. The van der Waals surface area contributed by atoms with Crippen molar-refractivity contribution in [2.24, 2.45) is 0 Å². The molecule has 2 heterocycles. The lowest BCUT2D eigenvalue weighted by atomic mass is 9.82. The lowest BCUT2D eigenvalue weighted by molar-refractivity contribution is -0.137. The molecule has 0 aliphatic carbocycles. The van der Waals surface area contributed by atoms with Crippen molar-refractivity contribution in [3.63, 3.8) is 0 Å². The van der Waals surface area contributed by atoms with Gasteiger partial charge in [-0.2, -0.15) is 0 Å². The number of nitrogens with zero attached hydrogens (tertiary/aromatic N) is 1. The van der Waals surface area contributed by atoms with Gasteiger partial charge in [0, 0.05) is 38.8 Å². The second kappa shape index (κ2) is 6.63. The van der Waals surface area contributed by atoms with Crippen LogP contribution >= 0.6 is 0 Å². The molecule has 0 unspecified atom stereocenters. The van der Waals surface area contributed by atoms with Gasteiger partial charge in [-0.05, 0) is 18.6 Å². The van der Waals surface area contributed by atoms with Gasteiger partial charge >= 0.3 is 5.97 Å². The summed E-state index contributed by atoms with van der Waals surface area (Å²) in [6.07, 6.45) is 2.22. The monoisotopic (exact) mass is 331 g/mol. The maximum atomic E-state index is 12.4. The van der Waals surface area contributed by atoms with Crippen LogP contribution in [0.5, 0.6) is 5.75 Å². The molecule has 1 spiro atoms. The van der Waals surface area contributed by atoms with Crippen LogP contribution in [0.2, 0.25) is 0 Å². The predicted octanol–water partition coefficient (Wildman–Crippen LogP) is 2.27. The summed E-state index contributed by atoms with van der Waals surface area (Å²) in [5.41, 5.74) is 0.124. The summed E-state index contributed by atoms with van der Waals surface area (Å²) in [5.74, 6) is -0.171. The van der Waals surface area contributed by atoms with Crippen molar-refractivity contribution >= 4 is 17.7 Å². The molecule has 6 nitrogen and oxygen atoms in total. The van der Waals surface area contributed by atoms with Crippen molar-refractivity contribution in [2.75, 3.05) is 13.1 Å². The Hall–Kier alpha value is -2.37. The van der Waals surface area contributed by atoms with Crippen LogP contribution in [-0.4, -0.2) is 46.4 Å². The van der Waals surface area contributed by atoms with Gasteiger partial charge in [0.15, 0.2) is 5.78 Å². The molecular formula is C18H21NO5. The Balaban J connectivity index is 1.58. The number of piperidine rings is 1. The number of Topliss-reactive ketones (excluding diaryl/α,β-unsaturated/α-hetero) is 1. The number of carboxylic acids is 1. The second-order valence-electron chi connectivity index (χ2n) is 6.51. The van der Waals surface area contributed by atoms with Gasteiger partial charge in [0.2, 0.25) is 5.91 Å². The molecular weight excluding hydrogens is 310 g/mol. The number of rotatable bonds is 4. The minimum absolute atomic E-state index is 0.0118. The van der Waals surface area contributed by atoms with Crippen molar-refractivity contribution in [1.82, 2.24) is 4.90 Å². The molecule has 3 rings (SSSR count). The van der Waals surface area contributed by atoms with E-state index < -0.39 is 11.6 Å². The first-order chi connectivity index (χ1) is 11.5. The molecule has 1 amide bonds. The molecule has 0 radical (unpaired) electrons. The summed E-state index contributed by atoms with van der Waals surface area (Å²) >= 11 is 0. The Morgan fingerprint density at radius 2 is 1.88 bits per heavy atom. The van der Waals surface area contributed by atoms with Crippen LogP contribution in [0.25, 0.3) is 0 Å². The van der Waals surface area contributed by atoms with E-state index in [-0.39, 0.29) is 24.5 Å². The number of carboxylic acid groups (broad SMARTS) is 1. The smallest absolute Gasteiger partial charge is 0.303 e. The van der Waals surface area contributed by atoms with E-state index in [9.17, 15) is 14.4 Å². The topological polar surface area (TPSA) is 83.9 Å². The molecule has 0 atom stereocenters. The summed E-state index contributed by atoms with van der Waals surface area (Å²) < 4.78 is 6.13. The van der Waals surface area contributed by atoms with Gasteiger partial charge in [0.25, 0.3) is 0 Å². The van der Waals surface area contributed by atoms with Crippen LogP contribution in [0.3, 0.4) is 0 Å². The highest BCUT2D eigenvalue weighted by atomic mass is 16.5.